The zero-order chi connectivity index (χ0) is 17.2. The second kappa shape index (κ2) is 6.45. The van der Waals surface area contributed by atoms with Gasteiger partial charge in [-0.05, 0) is 55.3 Å². The van der Waals surface area contributed by atoms with Crippen LogP contribution in [-0.2, 0) is 16.4 Å². The zero-order valence-electron chi connectivity index (χ0n) is 13.4. The number of benzene rings is 2. The number of anilines is 1. The fraction of sp³-hybridized carbons (Fsp3) is 0.176. The molecule has 1 heterocycles. The van der Waals surface area contributed by atoms with Crippen molar-refractivity contribution in [2.24, 2.45) is 0 Å². The molecule has 0 bridgehead atoms. The van der Waals surface area contributed by atoms with E-state index in [-0.39, 0.29) is 4.90 Å². The molecule has 0 radical (unpaired) electrons. The van der Waals surface area contributed by atoms with Gasteiger partial charge in [-0.2, -0.15) is 4.98 Å². The Morgan fingerprint density at radius 3 is 2.25 bits per heavy atom. The van der Waals surface area contributed by atoms with E-state index in [2.05, 4.69) is 14.9 Å². The molecule has 2 aromatic carbocycles. The first kappa shape index (κ1) is 16.2. The lowest BCUT2D eigenvalue weighted by molar-refractivity contribution is 0.425. The molecule has 1 N–H and O–H groups in total. The highest BCUT2D eigenvalue weighted by Gasteiger charge is 2.14. The molecule has 0 fully saturated rings. The third-order valence-electron chi connectivity index (χ3n) is 3.55. The second-order valence-corrected chi connectivity index (χ2v) is 7.01. The van der Waals surface area contributed by atoms with E-state index in [0.717, 1.165) is 17.5 Å². The Bertz CT molecular complexity index is 930. The van der Waals surface area contributed by atoms with Crippen molar-refractivity contribution in [2.75, 3.05) is 4.72 Å². The van der Waals surface area contributed by atoms with Gasteiger partial charge in [0.1, 0.15) is 0 Å². The van der Waals surface area contributed by atoms with Gasteiger partial charge in [-0.25, -0.2) is 8.42 Å². The minimum atomic E-state index is -3.61. The van der Waals surface area contributed by atoms with Gasteiger partial charge in [0.05, 0.1) is 4.90 Å². The number of rotatable bonds is 5. The van der Waals surface area contributed by atoms with Crippen molar-refractivity contribution in [3.63, 3.8) is 0 Å². The SMILES string of the molecule is CCc1ccc(S(=O)(=O)Nc2ccc(-c3nc(C)no3)cc2)cc1. The van der Waals surface area contributed by atoms with Crippen LogP contribution < -0.4 is 4.72 Å². The van der Waals surface area contributed by atoms with Crippen LogP contribution in [0.25, 0.3) is 11.5 Å². The Morgan fingerprint density at radius 2 is 1.71 bits per heavy atom. The van der Waals surface area contributed by atoms with Crippen molar-refractivity contribution in [1.29, 1.82) is 0 Å². The van der Waals surface area contributed by atoms with Crippen LogP contribution in [0.5, 0.6) is 0 Å². The van der Waals surface area contributed by atoms with Crippen LogP contribution in [0.2, 0.25) is 0 Å². The Hall–Kier alpha value is -2.67. The lowest BCUT2D eigenvalue weighted by Gasteiger charge is -2.09. The average Bonchev–Trinajstić information content (AvgIpc) is 3.02. The largest absolute Gasteiger partial charge is 0.334 e. The van der Waals surface area contributed by atoms with Gasteiger partial charge in [0.15, 0.2) is 5.82 Å². The van der Waals surface area contributed by atoms with E-state index in [0.29, 0.717) is 17.4 Å². The van der Waals surface area contributed by atoms with Gasteiger partial charge in [0, 0.05) is 11.3 Å². The standard InChI is InChI=1S/C17H17N3O3S/c1-3-13-4-10-16(11-5-13)24(21,22)20-15-8-6-14(7-9-15)17-18-12(2)19-23-17/h4-11,20H,3H2,1-2H3. The first-order valence-corrected chi connectivity index (χ1v) is 8.99. The average molecular weight is 343 g/mol. The predicted octanol–water partition coefficient (Wildman–Crippen LogP) is 3.41. The molecule has 24 heavy (non-hydrogen) atoms. The third-order valence-corrected chi connectivity index (χ3v) is 4.95. The molecule has 7 heteroatoms. The van der Waals surface area contributed by atoms with E-state index in [9.17, 15) is 8.42 Å². The van der Waals surface area contributed by atoms with Gasteiger partial charge >= 0.3 is 0 Å². The quantitative estimate of drug-likeness (QED) is 0.767. The van der Waals surface area contributed by atoms with E-state index < -0.39 is 10.0 Å². The number of sulfonamides is 1. The van der Waals surface area contributed by atoms with Crippen LogP contribution in [0, 0.1) is 6.92 Å². The molecular formula is C17H17N3O3S. The van der Waals surface area contributed by atoms with E-state index in [1.54, 1.807) is 43.3 Å². The summed E-state index contributed by atoms with van der Waals surface area (Å²) in [7, 11) is -3.61. The monoisotopic (exact) mass is 343 g/mol. The summed E-state index contributed by atoms with van der Waals surface area (Å²) < 4.78 is 32.5. The number of hydrogen-bond acceptors (Lipinski definition) is 5. The summed E-state index contributed by atoms with van der Waals surface area (Å²) in [5.74, 6) is 0.947. The van der Waals surface area contributed by atoms with Crippen LogP contribution in [0.15, 0.2) is 57.9 Å². The van der Waals surface area contributed by atoms with Crippen LogP contribution >= 0.6 is 0 Å². The van der Waals surface area contributed by atoms with Crippen molar-refractivity contribution in [3.8, 4) is 11.5 Å². The predicted molar refractivity (Wildman–Crippen MR) is 91.1 cm³/mol. The Morgan fingerprint density at radius 1 is 1.04 bits per heavy atom. The van der Waals surface area contributed by atoms with Gasteiger partial charge < -0.3 is 4.52 Å². The van der Waals surface area contributed by atoms with Gasteiger partial charge in [0.2, 0.25) is 0 Å². The lowest BCUT2D eigenvalue weighted by atomic mass is 10.2. The summed E-state index contributed by atoms with van der Waals surface area (Å²) in [6, 6.07) is 13.6. The van der Waals surface area contributed by atoms with Crippen LogP contribution in [0.4, 0.5) is 5.69 Å². The van der Waals surface area contributed by atoms with E-state index in [1.165, 1.54) is 0 Å². The van der Waals surface area contributed by atoms with Crippen molar-refractivity contribution in [3.05, 3.63) is 59.9 Å². The molecule has 0 unspecified atom stereocenters. The van der Waals surface area contributed by atoms with Crippen LogP contribution in [0.1, 0.15) is 18.3 Å². The van der Waals surface area contributed by atoms with Crippen LogP contribution in [0.3, 0.4) is 0 Å². The number of aromatic nitrogens is 2. The Labute approximate surface area is 140 Å². The van der Waals surface area contributed by atoms with Crippen LogP contribution in [-0.4, -0.2) is 18.6 Å². The smallest absolute Gasteiger partial charge is 0.261 e. The Kier molecular flexibility index (Phi) is 4.35. The van der Waals surface area contributed by atoms with Crippen molar-refractivity contribution in [1.82, 2.24) is 10.1 Å². The second-order valence-electron chi connectivity index (χ2n) is 5.33. The van der Waals surface area contributed by atoms with E-state index in [1.807, 2.05) is 19.1 Å². The highest BCUT2D eigenvalue weighted by molar-refractivity contribution is 7.92. The third kappa shape index (κ3) is 3.46. The van der Waals surface area contributed by atoms with E-state index in [4.69, 9.17) is 4.52 Å². The molecular weight excluding hydrogens is 326 g/mol. The number of hydrogen-bond donors (Lipinski definition) is 1. The maximum absolute atomic E-state index is 12.4. The topological polar surface area (TPSA) is 85.1 Å². The first-order valence-electron chi connectivity index (χ1n) is 7.50. The summed E-state index contributed by atoms with van der Waals surface area (Å²) in [5, 5.41) is 3.73. The number of nitrogens with one attached hydrogen (secondary N) is 1. The molecule has 124 valence electrons. The molecule has 0 saturated carbocycles. The maximum atomic E-state index is 12.4. The maximum Gasteiger partial charge on any atom is 0.261 e. The van der Waals surface area contributed by atoms with Crippen molar-refractivity contribution < 1.29 is 12.9 Å². The summed E-state index contributed by atoms with van der Waals surface area (Å²) in [6.45, 7) is 3.76. The summed E-state index contributed by atoms with van der Waals surface area (Å²) in [6.07, 6.45) is 0.865. The summed E-state index contributed by atoms with van der Waals surface area (Å²) in [4.78, 5) is 4.37. The molecule has 0 spiro atoms. The minimum Gasteiger partial charge on any atom is -0.334 e. The van der Waals surface area contributed by atoms with Crippen molar-refractivity contribution in [2.45, 2.75) is 25.2 Å². The van der Waals surface area contributed by atoms with Crippen molar-refractivity contribution >= 4 is 15.7 Å². The molecule has 0 saturated heterocycles. The number of nitrogens with zero attached hydrogens (tertiary/aromatic N) is 2. The molecule has 0 aliphatic heterocycles. The fourth-order valence-corrected chi connectivity index (χ4v) is 3.27. The zero-order valence-corrected chi connectivity index (χ0v) is 14.2. The highest BCUT2D eigenvalue weighted by atomic mass is 32.2. The highest BCUT2D eigenvalue weighted by Crippen LogP contribution is 2.22. The van der Waals surface area contributed by atoms with Gasteiger partial charge in [0.25, 0.3) is 15.9 Å². The molecule has 0 amide bonds. The first-order chi connectivity index (χ1) is 11.5. The van der Waals surface area contributed by atoms with E-state index >= 15 is 0 Å². The molecule has 1 aromatic heterocycles. The normalized spacial score (nSPS) is 11.4. The fourth-order valence-electron chi connectivity index (χ4n) is 2.21. The molecule has 3 rings (SSSR count). The number of aryl methyl sites for hydroxylation is 2. The molecule has 0 aliphatic carbocycles. The van der Waals surface area contributed by atoms with Gasteiger partial charge in [-0.3, -0.25) is 4.72 Å². The Balaban J connectivity index is 1.79. The van der Waals surface area contributed by atoms with Gasteiger partial charge in [-0.15, -0.1) is 0 Å². The molecule has 0 aliphatic rings. The lowest BCUT2D eigenvalue weighted by Crippen LogP contribution is -2.12. The molecule has 6 nitrogen and oxygen atoms in total. The molecule has 0 atom stereocenters. The van der Waals surface area contributed by atoms with Gasteiger partial charge in [-0.1, -0.05) is 24.2 Å². The summed E-state index contributed by atoms with van der Waals surface area (Å²) >= 11 is 0. The minimum absolute atomic E-state index is 0.233. The molecule has 3 aromatic rings. The summed E-state index contributed by atoms with van der Waals surface area (Å²) in [5.41, 5.74) is 2.29.